The van der Waals surface area contributed by atoms with Crippen LogP contribution in [0.2, 0.25) is 5.02 Å². The molecule has 0 fully saturated rings. The van der Waals surface area contributed by atoms with Crippen molar-refractivity contribution in [3.63, 3.8) is 0 Å². The second-order valence-electron chi connectivity index (χ2n) is 5.61. The predicted octanol–water partition coefficient (Wildman–Crippen LogP) is 4.27. The zero-order valence-corrected chi connectivity index (χ0v) is 15.4. The van der Waals surface area contributed by atoms with E-state index in [1.54, 1.807) is 29.2 Å². The van der Waals surface area contributed by atoms with Crippen molar-refractivity contribution in [3.8, 4) is 5.69 Å². The second-order valence-corrected chi connectivity index (χ2v) is 7.06. The van der Waals surface area contributed by atoms with Crippen LogP contribution in [0.15, 0.2) is 53.9 Å². The van der Waals surface area contributed by atoms with E-state index in [-0.39, 0.29) is 5.91 Å². The van der Waals surface area contributed by atoms with Gasteiger partial charge in [0, 0.05) is 9.92 Å². The summed E-state index contributed by atoms with van der Waals surface area (Å²) in [5.74, 6) is 0.210. The van der Waals surface area contributed by atoms with E-state index in [9.17, 15) is 4.79 Å². The molecule has 0 atom stereocenters. The minimum absolute atomic E-state index is 0.103. The molecule has 0 saturated heterocycles. The highest BCUT2D eigenvalue weighted by molar-refractivity contribution is 8.00. The van der Waals surface area contributed by atoms with Gasteiger partial charge in [-0.2, -0.15) is 5.10 Å². The lowest BCUT2D eigenvalue weighted by Gasteiger charge is -2.12. The maximum atomic E-state index is 12.4. The lowest BCUT2D eigenvalue weighted by atomic mass is 10.2. The van der Waals surface area contributed by atoms with Gasteiger partial charge in [0.2, 0.25) is 5.91 Å². The van der Waals surface area contributed by atoms with Gasteiger partial charge in [-0.3, -0.25) is 4.79 Å². The average Bonchev–Trinajstić information content (AvgIpc) is 3.08. The third-order valence-electron chi connectivity index (χ3n) is 3.59. The van der Waals surface area contributed by atoms with Crippen LogP contribution in [0, 0.1) is 13.8 Å². The summed E-state index contributed by atoms with van der Waals surface area (Å²) in [6, 6.07) is 11.5. The number of aromatic nitrogens is 3. The maximum absolute atomic E-state index is 12.4. The van der Waals surface area contributed by atoms with Crippen molar-refractivity contribution < 1.29 is 4.79 Å². The van der Waals surface area contributed by atoms with E-state index < -0.39 is 0 Å². The van der Waals surface area contributed by atoms with Gasteiger partial charge in [-0.25, -0.2) is 9.67 Å². The number of anilines is 1. The van der Waals surface area contributed by atoms with E-state index in [0.717, 1.165) is 4.90 Å². The first-order chi connectivity index (χ1) is 12.0. The molecule has 0 unspecified atom stereocenters. The zero-order chi connectivity index (χ0) is 17.8. The highest BCUT2D eigenvalue weighted by Crippen LogP contribution is 2.26. The van der Waals surface area contributed by atoms with Gasteiger partial charge in [-0.05, 0) is 43.7 Å². The number of hydrogen-bond acceptors (Lipinski definition) is 4. The second kappa shape index (κ2) is 7.72. The van der Waals surface area contributed by atoms with Crippen molar-refractivity contribution in [3.05, 3.63) is 65.2 Å². The fourth-order valence-corrected chi connectivity index (χ4v) is 3.41. The van der Waals surface area contributed by atoms with Crippen LogP contribution in [0.1, 0.15) is 11.1 Å². The number of amides is 1. The standard InChI is InChI=1S/C18H17ClN4OS/c1-12-3-6-17(13(2)7-12)25-9-18(24)22-15-8-14(19)4-5-16(15)23-11-20-10-21-23/h3-8,10-11H,9H2,1-2H3,(H,22,24). The summed E-state index contributed by atoms with van der Waals surface area (Å²) in [7, 11) is 0. The molecule has 0 spiro atoms. The van der Waals surface area contributed by atoms with Crippen molar-refractivity contribution >= 4 is 35.0 Å². The molecular weight excluding hydrogens is 356 g/mol. The Hall–Kier alpha value is -2.31. The average molecular weight is 373 g/mol. The van der Waals surface area contributed by atoms with Crippen molar-refractivity contribution in [2.75, 3.05) is 11.1 Å². The first kappa shape index (κ1) is 17.5. The molecule has 0 aliphatic carbocycles. The topological polar surface area (TPSA) is 59.8 Å². The molecule has 1 N–H and O–H groups in total. The van der Waals surface area contributed by atoms with Crippen LogP contribution in [0.4, 0.5) is 5.69 Å². The number of benzene rings is 2. The summed E-state index contributed by atoms with van der Waals surface area (Å²) in [6.45, 7) is 4.10. The summed E-state index contributed by atoms with van der Waals surface area (Å²) in [5, 5.41) is 7.55. The minimum atomic E-state index is -0.103. The highest BCUT2D eigenvalue weighted by Gasteiger charge is 2.11. The van der Waals surface area contributed by atoms with Gasteiger partial charge >= 0.3 is 0 Å². The monoisotopic (exact) mass is 372 g/mol. The molecular formula is C18H17ClN4OS. The quantitative estimate of drug-likeness (QED) is 0.679. The Morgan fingerprint density at radius 1 is 1.24 bits per heavy atom. The number of nitrogens with one attached hydrogen (secondary N) is 1. The van der Waals surface area contributed by atoms with Crippen LogP contribution in [-0.2, 0) is 4.79 Å². The zero-order valence-electron chi connectivity index (χ0n) is 13.9. The number of rotatable bonds is 5. The van der Waals surface area contributed by atoms with Crippen LogP contribution >= 0.6 is 23.4 Å². The number of thioether (sulfide) groups is 1. The first-order valence-electron chi connectivity index (χ1n) is 7.67. The minimum Gasteiger partial charge on any atom is -0.323 e. The summed E-state index contributed by atoms with van der Waals surface area (Å²) in [5.41, 5.74) is 3.70. The fourth-order valence-electron chi connectivity index (χ4n) is 2.43. The molecule has 0 saturated carbocycles. The number of aryl methyl sites for hydroxylation is 2. The van der Waals surface area contributed by atoms with Gasteiger partial charge in [-0.15, -0.1) is 11.8 Å². The Morgan fingerprint density at radius 3 is 2.80 bits per heavy atom. The largest absolute Gasteiger partial charge is 0.323 e. The van der Waals surface area contributed by atoms with Crippen LogP contribution in [-0.4, -0.2) is 26.4 Å². The Bertz CT molecular complexity index is 896. The third kappa shape index (κ3) is 4.41. The molecule has 25 heavy (non-hydrogen) atoms. The van der Waals surface area contributed by atoms with E-state index in [2.05, 4.69) is 28.4 Å². The van der Waals surface area contributed by atoms with Crippen LogP contribution in [0.5, 0.6) is 0 Å². The molecule has 2 aromatic carbocycles. The summed E-state index contributed by atoms with van der Waals surface area (Å²) in [4.78, 5) is 17.4. The lowest BCUT2D eigenvalue weighted by molar-refractivity contribution is -0.113. The Kier molecular flexibility index (Phi) is 5.40. The molecule has 0 aliphatic rings. The smallest absolute Gasteiger partial charge is 0.234 e. The van der Waals surface area contributed by atoms with Gasteiger partial charge in [0.25, 0.3) is 0 Å². The Balaban J connectivity index is 1.72. The summed E-state index contributed by atoms with van der Waals surface area (Å²) >= 11 is 7.58. The number of nitrogens with zero attached hydrogens (tertiary/aromatic N) is 3. The molecule has 0 bridgehead atoms. The summed E-state index contributed by atoms with van der Waals surface area (Å²) in [6.07, 6.45) is 3.01. The normalized spacial score (nSPS) is 10.7. The van der Waals surface area contributed by atoms with Crippen molar-refractivity contribution in [1.82, 2.24) is 14.8 Å². The van der Waals surface area contributed by atoms with E-state index in [1.165, 1.54) is 29.2 Å². The van der Waals surface area contributed by atoms with Crippen LogP contribution in [0.3, 0.4) is 0 Å². The van der Waals surface area contributed by atoms with Crippen molar-refractivity contribution in [1.29, 1.82) is 0 Å². The van der Waals surface area contributed by atoms with Gasteiger partial charge in [0.1, 0.15) is 12.7 Å². The molecule has 0 aliphatic heterocycles. The van der Waals surface area contributed by atoms with E-state index in [0.29, 0.717) is 22.2 Å². The molecule has 5 nitrogen and oxygen atoms in total. The maximum Gasteiger partial charge on any atom is 0.234 e. The first-order valence-corrected chi connectivity index (χ1v) is 9.04. The SMILES string of the molecule is Cc1ccc(SCC(=O)Nc2cc(Cl)ccc2-n2cncn2)c(C)c1. The molecule has 3 aromatic rings. The van der Waals surface area contributed by atoms with E-state index in [4.69, 9.17) is 11.6 Å². The fraction of sp³-hybridized carbons (Fsp3) is 0.167. The van der Waals surface area contributed by atoms with Crippen molar-refractivity contribution in [2.45, 2.75) is 18.7 Å². The molecule has 0 radical (unpaired) electrons. The Morgan fingerprint density at radius 2 is 2.08 bits per heavy atom. The molecule has 1 amide bonds. The number of halogens is 1. The van der Waals surface area contributed by atoms with E-state index in [1.807, 2.05) is 19.1 Å². The molecule has 7 heteroatoms. The van der Waals surface area contributed by atoms with Crippen molar-refractivity contribution in [2.24, 2.45) is 0 Å². The van der Waals surface area contributed by atoms with Gasteiger partial charge < -0.3 is 5.32 Å². The molecule has 1 aromatic heterocycles. The van der Waals surface area contributed by atoms with Gasteiger partial charge in [0.05, 0.1) is 17.1 Å². The van der Waals surface area contributed by atoms with E-state index >= 15 is 0 Å². The highest BCUT2D eigenvalue weighted by atomic mass is 35.5. The number of hydrogen-bond donors (Lipinski definition) is 1. The predicted molar refractivity (Wildman–Crippen MR) is 102 cm³/mol. The number of carbonyl (C=O) groups is 1. The molecule has 3 rings (SSSR count). The van der Waals surface area contributed by atoms with Gasteiger partial charge in [-0.1, -0.05) is 29.3 Å². The number of carbonyl (C=O) groups excluding carboxylic acids is 1. The Labute approximate surface area is 155 Å². The molecule has 1 heterocycles. The summed E-state index contributed by atoms with van der Waals surface area (Å²) < 4.78 is 1.59. The van der Waals surface area contributed by atoms with Gasteiger partial charge in [0.15, 0.2) is 0 Å². The lowest BCUT2D eigenvalue weighted by Crippen LogP contribution is -2.16. The molecule has 128 valence electrons. The van der Waals surface area contributed by atoms with Crippen LogP contribution in [0.25, 0.3) is 5.69 Å². The third-order valence-corrected chi connectivity index (χ3v) is 5.00. The van der Waals surface area contributed by atoms with Crippen LogP contribution < -0.4 is 5.32 Å².